The molecule has 0 radical (unpaired) electrons. The highest BCUT2D eigenvalue weighted by molar-refractivity contribution is 7.85. The zero-order valence-corrected chi connectivity index (χ0v) is 12.2. The zero-order chi connectivity index (χ0) is 15.0. The fraction of sp³-hybridized carbons (Fsp3) is 0.636. The molecule has 9 nitrogen and oxygen atoms in total. The lowest BCUT2D eigenvalue weighted by molar-refractivity contribution is 0.0688. The maximum Gasteiger partial charge on any atom is 0.347 e. The van der Waals surface area contributed by atoms with Gasteiger partial charge in [0.1, 0.15) is 13.2 Å². The number of fused-ring (bicyclic) bond motifs is 3. The molecular weight excluding hydrogens is 302 g/mol. The van der Waals surface area contributed by atoms with E-state index in [1.807, 2.05) is 4.90 Å². The highest BCUT2D eigenvalue weighted by Crippen LogP contribution is 2.34. The SMILES string of the molecule is CS(=O)(=O)OCc1[nH]c(=O)nc2c1OCC1COCCN21. The number of rotatable bonds is 3. The Bertz CT molecular complexity index is 700. The molecule has 2 aliphatic heterocycles. The van der Waals surface area contributed by atoms with Gasteiger partial charge >= 0.3 is 5.69 Å². The zero-order valence-electron chi connectivity index (χ0n) is 11.4. The van der Waals surface area contributed by atoms with Crippen molar-refractivity contribution in [3.05, 3.63) is 16.2 Å². The monoisotopic (exact) mass is 317 g/mol. The average molecular weight is 317 g/mol. The van der Waals surface area contributed by atoms with E-state index in [2.05, 4.69) is 9.97 Å². The van der Waals surface area contributed by atoms with Crippen molar-refractivity contribution in [3.8, 4) is 5.75 Å². The van der Waals surface area contributed by atoms with Crippen LogP contribution in [0.4, 0.5) is 5.82 Å². The van der Waals surface area contributed by atoms with Gasteiger partial charge in [0.05, 0.1) is 31.2 Å². The van der Waals surface area contributed by atoms with Gasteiger partial charge in [0.25, 0.3) is 10.1 Å². The topological polar surface area (TPSA) is 111 Å². The summed E-state index contributed by atoms with van der Waals surface area (Å²) < 4.78 is 37.9. The third-order valence-corrected chi connectivity index (χ3v) is 3.83. The number of hydrogen-bond acceptors (Lipinski definition) is 8. The number of aromatic nitrogens is 2. The van der Waals surface area contributed by atoms with E-state index in [9.17, 15) is 13.2 Å². The molecule has 3 heterocycles. The molecule has 0 spiro atoms. The summed E-state index contributed by atoms with van der Waals surface area (Å²) in [6, 6.07) is 0.00391. The standard InChI is InChI=1S/C11H15N3O6S/c1-21(16,17)20-6-8-9-10(13-11(15)12-8)14-2-3-18-4-7(14)5-19-9/h7H,2-6H2,1H3,(H,12,13,15). The van der Waals surface area contributed by atoms with Crippen molar-refractivity contribution in [1.82, 2.24) is 9.97 Å². The van der Waals surface area contributed by atoms with Gasteiger partial charge in [0, 0.05) is 6.54 Å². The van der Waals surface area contributed by atoms with E-state index in [-0.39, 0.29) is 18.3 Å². The molecule has 1 N–H and O–H groups in total. The van der Waals surface area contributed by atoms with Gasteiger partial charge < -0.3 is 19.4 Å². The molecule has 0 aromatic carbocycles. The second kappa shape index (κ2) is 5.28. The molecule has 1 fully saturated rings. The van der Waals surface area contributed by atoms with Gasteiger partial charge in [-0.15, -0.1) is 0 Å². The first-order chi connectivity index (χ1) is 9.94. The van der Waals surface area contributed by atoms with Crippen molar-refractivity contribution < 1.29 is 22.1 Å². The lowest BCUT2D eigenvalue weighted by Crippen LogP contribution is -2.52. The highest BCUT2D eigenvalue weighted by Gasteiger charge is 2.33. The van der Waals surface area contributed by atoms with Gasteiger partial charge in [0.15, 0.2) is 11.6 Å². The van der Waals surface area contributed by atoms with E-state index in [1.54, 1.807) is 0 Å². The highest BCUT2D eigenvalue weighted by atomic mass is 32.2. The summed E-state index contributed by atoms with van der Waals surface area (Å²) in [6.07, 6.45) is 0.942. The minimum atomic E-state index is -3.62. The number of anilines is 1. The van der Waals surface area contributed by atoms with Crippen LogP contribution in [0.5, 0.6) is 5.75 Å². The van der Waals surface area contributed by atoms with Crippen LogP contribution >= 0.6 is 0 Å². The summed E-state index contributed by atoms with van der Waals surface area (Å²) in [4.78, 5) is 20.0. The summed E-state index contributed by atoms with van der Waals surface area (Å²) in [7, 11) is -3.62. The third kappa shape index (κ3) is 3.01. The maximum atomic E-state index is 11.7. The molecule has 0 aliphatic carbocycles. The minimum absolute atomic E-state index is 0.00391. The van der Waals surface area contributed by atoms with Crippen LogP contribution in [0.1, 0.15) is 5.69 Å². The molecule has 21 heavy (non-hydrogen) atoms. The molecule has 0 amide bonds. The third-order valence-electron chi connectivity index (χ3n) is 3.28. The van der Waals surface area contributed by atoms with E-state index >= 15 is 0 Å². The van der Waals surface area contributed by atoms with E-state index in [0.29, 0.717) is 37.9 Å². The Kier molecular flexibility index (Phi) is 3.59. The van der Waals surface area contributed by atoms with Gasteiger partial charge in [-0.1, -0.05) is 0 Å². The van der Waals surface area contributed by atoms with E-state index < -0.39 is 15.8 Å². The number of aromatic amines is 1. The van der Waals surface area contributed by atoms with Crippen LogP contribution in [0.25, 0.3) is 0 Å². The molecule has 2 aliphatic rings. The molecule has 0 bridgehead atoms. The molecule has 1 unspecified atom stereocenters. The summed E-state index contributed by atoms with van der Waals surface area (Å²) >= 11 is 0. The summed E-state index contributed by atoms with van der Waals surface area (Å²) in [5, 5.41) is 0. The Balaban J connectivity index is 1.96. The van der Waals surface area contributed by atoms with Crippen LogP contribution < -0.4 is 15.3 Å². The Morgan fingerprint density at radius 2 is 2.29 bits per heavy atom. The van der Waals surface area contributed by atoms with E-state index in [4.69, 9.17) is 13.7 Å². The van der Waals surface area contributed by atoms with E-state index in [1.165, 1.54) is 0 Å². The van der Waals surface area contributed by atoms with Gasteiger partial charge in [-0.25, -0.2) is 4.79 Å². The molecular formula is C11H15N3O6S. The second-order valence-electron chi connectivity index (χ2n) is 4.87. The van der Waals surface area contributed by atoms with Crippen LogP contribution in [0.2, 0.25) is 0 Å². The van der Waals surface area contributed by atoms with Crippen LogP contribution in [0.15, 0.2) is 4.79 Å². The molecule has 1 atom stereocenters. The summed E-state index contributed by atoms with van der Waals surface area (Å²) in [5.41, 5.74) is -0.308. The molecule has 1 aromatic rings. The molecule has 3 rings (SSSR count). The van der Waals surface area contributed by atoms with Crippen LogP contribution in [0, 0.1) is 0 Å². The van der Waals surface area contributed by atoms with Crippen molar-refractivity contribution in [2.45, 2.75) is 12.6 Å². The quantitative estimate of drug-likeness (QED) is 0.695. The number of hydrogen-bond donors (Lipinski definition) is 1. The predicted octanol–water partition coefficient (Wildman–Crippen LogP) is -1.16. The Morgan fingerprint density at radius 3 is 3.05 bits per heavy atom. The van der Waals surface area contributed by atoms with Crippen LogP contribution in [-0.2, 0) is 25.6 Å². The predicted molar refractivity (Wildman–Crippen MR) is 71.9 cm³/mol. The van der Waals surface area contributed by atoms with E-state index in [0.717, 1.165) is 6.26 Å². The lowest BCUT2D eigenvalue weighted by atomic mass is 10.2. The smallest absolute Gasteiger partial charge is 0.347 e. The maximum absolute atomic E-state index is 11.7. The Labute approximate surface area is 121 Å². The molecule has 0 saturated carbocycles. The van der Waals surface area contributed by atoms with Crippen molar-refractivity contribution >= 4 is 15.9 Å². The number of H-pyrrole nitrogens is 1. The van der Waals surface area contributed by atoms with Gasteiger partial charge in [-0.3, -0.25) is 4.18 Å². The number of morpholine rings is 1. The molecule has 10 heteroatoms. The average Bonchev–Trinajstić information content (AvgIpc) is 2.43. The summed E-state index contributed by atoms with van der Waals surface area (Å²) in [5.74, 6) is 0.766. The Morgan fingerprint density at radius 1 is 1.48 bits per heavy atom. The molecule has 1 saturated heterocycles. The van der Waals surface area contributed by atoms with Gasteiger partial charge in [0.2, 0.25) is 0 Å². The molecule has 1 aromatic heterocycles. The molecule has 116 valence electrons. The minimum Gasteiger partial charge on any atom is -0.486 e. The van der Waals surface area contributed by atoms with Crippen molar-refractivity contribution in [2.24, 2.45) is 0 Å². The first kappa shape index (κ1) is 14.3. The van der Waals surface area contributed by atoms with Crippen LogP contribution in [0.3, 0.4) is 0 Å². The van der Waals surface area contributed by atoms with Crippen molar-refractivity contribution in [3.63, 3.8) is 0 Å². The van der Waals surface area contributed by atoms with Gasteiger partial charge in [-0.05, 0) is 0 Å². The fourth-order valence-corrected chi connectivity index (χ4v) is 2.69. The van der Waals surface area contributed by atoms with Crippen molar-refractivity contribution in [2.75, 3.05) is 37.5 Å². The largest absolute Gasteiger partial charge is 0.486 e. The fourth-order valence-electron chi connectivity index (χ4n) is 2.36. The number of ether oxygens (including phenoxy) is 2. The first-order valence-electron chi connectivity index (χ1n) is 6.39. The van der Waals surface area contributed by atoms with Crippen LogP contribution in [-0.4, -0.2) is 57.0 Å². The summed E-state index contributed by atoms with van der Waals surface area (Å²) in [6.45, 7) is 1.73. The number of nitrogens with zero attached hydrogens (tertiary/aromatic N) is 2. The second-order valence-corrected chi connectivity index (χ2v) is 6.52. The first-order valence-corrected chi connectivity index (χ1v) is 8.20. The van der Waals surface area contributed by atoms with Crippen molar-refractivity contribution in [1.29, 1.82) is 0 Å². The normalized spacial score (nSPS) is 21.4. The lowest BCUT2D eigenvalue weighted by Gasteiger charge is -2.40. The van der Waals surface area contributed by atoms with Gasteiger partial charge in [-0.2, -0.15) is 13.4 Å². The number of nitrogens with one attached hydrogen (secondary N) is 1. The Hall–Kier alpha value is -1.65.